The van der Waals surface area contributed by atoms with Crippen molar-refractivity contribution >= 4 is 23.9 Å². The zero-order chi connectivity index (χ0) is 68.7. The van der Waals surface area contributed by atoms with Gasteiger partial charge in [-0.15, -0.1) is 0 Å². The Balaban J connectivity index is 0.852. The van der Waals surface area contributed by atoms with Gasteiger partial charge in [0.25, 0.3) is 0 Å². The number of carboxylic acid groups (broad SMARTS) is 1. The summed E-state index contributed by atoms with van der Waals surface area (Å²) in [4.78, 5) is 49.2. The molecule has 0 aromatic carbocycles. The van der Waals surface area contributed by atoms with E-state index in [1.54, 1.807) is 12.2 Å². The lowest BCUT2D eigenvalue weighted by Crippen LogP contribution is -2.66. The lowest BCUT2D eigenvalue weighted by atomic mass is 9.72. The maximum Gasteiger partial charge on any atom is 0.330 e. The SMILES string of the molecule is COC1CC(C=CC(=O)OC[C@H]2O[C@@H](OC3CCC(C=CC(=O)OC[C@H]4O[C@@H](OC5CC6C(O[C@@H]7O[C@H](COC(=O)CC(=O)O)[C@@H](O)[C@H](O)[C@H]7O)CC(O)CC6[OH+]C5C5CCC(O)C(O)C5)[C@H](O[C@@H]5O[C@H](CO)[C@@H](O)[C@H](O)[C@H]5O)[C@@H](O)[C@@H]4O)CC3)[C@H](O)[C@@H](O)[C@@H]2O)CCC1O. The summed E-state index contributed by atoms with van der Waals surface area (Å²) in [6.45, 7) is -2.85. The number of carbonyl (C=O) groups is 4. The van der Waals surface area contributed by atoms with E-state index in [0.29, 0.717) is 44.9 Å². The molecule has 9 aliphatic rings. The number of hydrogen-bond donors (Lipinski definition) is 17. The van der Waals surface area contributed by atoms with Crippen molar-refractivity contribution in [3.8, 4) is 0 Å². The third-order valence-electron chi connectivity index (χ3n) is 19.9. The standard InChI is InChI=1S/C61H94O34/c1-83-35-14-25(4-10-31(35)65)6-13-43(70)84-21-38-46(73)50(77)53(80)58(92-38)87-28-8-2-24(3-9-28)5-12-42(69)85-22-40-48(75)52(79)57(95-60-55(82)49(76)45(72)37(20-62)91-60)61(94-40)90-36-18-29-33(88-56(36)26-7-11-30(64)32(66)15-26)16-27(63)17-34(29)89-59-54(81)51(78)47(74)39(93-59)23-86-44(71)19-41(67)68/h5-6,12-13,24-40,45-66,72-82H,2-4,7-11,14-23H2,1H3,(H,67,68)/p+1/t24?,25?,26?,27?,28?,29?,30?,31?,32?,33?,34?,35?,36?,37-,38-,39-,40-,45-,46-,47-,48-,49+,50+,51+,52+,53-,54-,55-,56?,57-,58-,59-,60+,61-/m1/s1. The molecule has 0 amide bonds. The van der Waals surface area contributed by atoms with Gasteiger partial charge in [-0.25, -0.2) is 9.59 Å². The molecule has 34 nitrogen and oxygen atoms in total. The number of methoxy groups -OCH3 is 1. The molecule has 18 N–H and O–H groups in total. The van der Waals surface area contributed by atoms with Gasteiger partial charge in [0.2, 0.25) is 0 Å². The molecule has 0 aromatic rings. The first-order valence-corrected chi connectivity index (χ1v) is 32.6. The molecule has 0 radical (unpaired) electrons. The lowest BCUT2D eigenvalue weighted by Gasteiger charge is -2.50. The van der Waals surface area contributed by atoms with Crippen molar-refractivity contribution in [2.45, 2.75) is 274 Å². The van der Waals surface area contributed by atoms with Crippen LogP contribution in [0.5, 0.6) is 0 Å². The molecule has 32 atom stereocenters. The Hall–Kier alpha value is -3.68. The van der Waals surface area contributed by atoms with E-state index in [9.17, 15) is 101 Å². The maximum atomic E-state index is 13.4. The van der Waals surface area contributed by atoms with Gasteiger partial charge in [0, 0.05) is 38.0 Å². The van der Waals surface area contributed by atoms with E-state index in [1.807, 2.05) is 0 Å². The van der Waals surface area contributed by atoms with Gasteiger partial charge in [-0.2, -0.15) is 0 Å². The Morgan fingerprint density at radius 3 is 1.55 bits per heavy atom. The first-order chi connectivity index (χ1) is 45.2. The van der Waals surface area contributed by atoms with Crippen molar-refractivity contribution < 1.29 is 168 Å². The number of aliphatic carboxylic acids is 1. The molecule has 5 saturated heterocycles. The van der Waals surface area contributed by atoms with Gasteiger partial charge < -0.3 is 148 Å². The van der Waals surface area contributed by atoms with Gasteiger partial charge in [0.05, 0.1) is 55.3 Å². The third-order valence-corrected chi connectivity index (χ3v) is 19.9. The summed E-state index contributed by atoms with van der Waals surface area (Å²) in [6, 6.07) is 0. The average Bonchev–Trinajstić information content (AvgIpc) is 0.792. The summed E-state index contributed by atoms with van der Waals surface area (Å²) in [5.41, 5.74) is 0. The fourth-order valence-corrected chi connectivity index (χ4v) is 14.3. The minimum atomic E-state index is -2.06. The van der Waals surface area contributed by atoms with Gasteiger partial charge in [0.15, 0.2) is 37.4 Å². The van der Waals surface area contributed by atoms with E-state index >= 15 is 0 Å². The number of aliphatic hydroxyl groups excluding tert-OH is 16. The molecule has 5 aliphatic heterocycles. The Morgan fingerprint density at radius 2 is 0.968 bits per heavy atom. The molecule has 0 aromatic heterocycles. The highest BCUT2D eigenvalue weighted by Crippen LogP contribution is 2.45. The molecule has 4 saturated carbocycles. The molecule has 4 aliphatic carbocycles. The molecular weight excluding hydrogens is 1280 g/mol. The number of aliphatic hydroxyl groups is 18. The molecule has 34 heteroatoms. The second-order valence-electron chi connectivity index (χ2n) is 26.5. The molecule has 0 spiro atoms. The normalized spacial score (nSPS) is 46.8. The molecule has 542 valence electrons. The van der Waals surface area contributed by atoms with Crippen molar-refractivity contribution in [2.75, 3.05) is 33.5 Å². The Kier molecular flexibility index (Phi) is 27.1. The molecular formula is C61H95O34+. The second-order valence-corrected chi connectivity index (χ2v) is 26.5. The van der Waals surface area contributed by atoms with Gasteiger partial charge in [0.1, 0.15) is 130 Å². The predicted molar refractivity (Wildman–Crippen MR) is 309 cm³/mol. The number of carbonyl (C=O) groups excluding carboxylic acids is 3. The molecule has 5 heterocycles. The van der Waals surface area contributed by atoms with E-state index in [0.717, 1.165) is 6.08 Å². The smallest absolute Gasteiger partial charge is 0.330 e. The summed E-state index contributed by atoms with van der Waals surface area (Å²) in [7, 11) is 1.50. The van der Waals surface area contributed by atoms with Crippen molar-refractivity contribution in [3.05, 3.63) is 24.3 Å². The van der Waals surface area contributed by atoms with Crippen LogP contribution in [0.15, 0.2) is 24.3 Å². The van der Waals surface area contributed by atoms with Crippen LogP contribution in [0, 0.1) is 23.7 Å². The quantitative estimate of drug-likeness (QED) is 0.0149. The minimum Gasteiger partial charge on any atom is -0.481 e. The van der Waals surface area contributed by atoms with Gasteiger partial charge in [-0.1, -0.05) is 12.2 Å². The Morgan fingerprint density at radius 1 is 0.463 bits per heavy atom. The summed E-state index contributed by atoms with van der Waals surface area (Å²) in [5, 5.41) is 183. The van der Waals surface area contributed by atoms with E-state index < -0.39 is 246 Å². The largest absolute Gasteiger partial charge is 0.481 e. The number of hydrogen-bond acceptors (Lipinski definition) is 32. The average molecular weight is 1370 g/mol. The minimum absolute atomic E-state index is 0.00187. The highest BCUT2D eigenvalue weighted by Gasteiger charge is 2.59. The fourth-order valence-electron chi connectivity index (χ4n) is 14.3. The van der Waals surface area contributed by atoms with E-state index in [1.165, 1.54) is 13.2 Å². The van der Waals surface area contributed by atoms with Crippen LogP contribution < -0.4 is 0 Å². The van der Waals surface area contributed by atoms with Crippen LogP contribution in [0.1, 0.15) is 89.9 Å². The van der Waals surface area contributed by atoms with E-state index in [4.69, 9.17) is 66.7 Å². The number of fused-ring (bicyclic) bond motifs is 1. The molecule has 0 bridgehead atoms. The number of esters is 3. The van der Waals surface area contributed by atoms with Crippen LogP contribution in [0.3, 0.4) is 0 Å². The zero-order valence-electron chi connectivity index (χ0n) is 52.2. The second kappa shape index (κ2) is 34.1. The van der Waals surface area contributed by atoms with E-state index in [-0.39, 0.29) is 56.5 Å². The van der Waals surface area contributed by atoms with Crippen LogP contribution >= 0.6 is 0 Å². The van der Waals surface area contributed by atoms with Gasteiger partial charge in [-0.3, -0.25) is 9.59 Å². The summed E-state index contributed by atoms with van der Waals surface area (Å²) in [5.74, 6) is -5.90. The summed E-state index contributed by atoms with van der Waals surface area (Å²) >= 11 is 0. The summed E-state index contributed by atoms with van der Waals surface area (Å²) in [6.07, 6.45) is -36.0. The maximum absolute atomic E-state index is 13.4. The topological polar surface area (TPSA) is 536 Å². The van der Waals surface area contributed by atoms with E-state index in [2.05, 4.69) is 0 Å². The first-order valence-electron chi connectivity index (χ1n) is 32.6. The molecule has 12 unspecified atom stereocenters. The summed E-state index contributed by atoms with van der Waals surface area (Å²) < 4.78 is 75.0. The predicted octanol–water partition coefficient (Wildman–Crippen LogP) is -7.07. The highest BCUT2D eigenvalue weighted by atomic mass is 16.8. The molecule has 9 rings (SSSR count). The van der Waals surface area contributed by atoms with Crippen LogP contribution in [0.2, 0.25) is 0 Å². The fraction of sp³-hybridized carbons (Fsp3) is 0.869. The van der Waals surface area contributed by atoms with Gasteiger partial charge in [-0.05, 0) is 82.5 Å². The van der Waals surface area contributed by atoms with Crippen LogP contribution in [-0.2, 0) is 76.0 Å². The zero-order valence-corrected chi connectivity index (χ0v) is 52.2. The van der Waals surface area contributed by atoms with Crippen molar-refractivity contribution in [1.82, 2.24) is 0 Å². The van der Waals surface area contributed by atoms with Crippen LogP contribution in [0.25, 0.3) is 0 Å². The number of ether oxygens (including phenoxy) is 13. The van der Waals surface area contributed by atoms with Crippen LogP contribution in [0.4, 0.5) is 0 Å². The Bertz CT molecular complexity index is 2520. The first kappa shape index (κ1) is 75.5. The lowest BCUT2D eigenvalue weighted by molar-refractivity contribution is -0.390. The van der Waals surface area contributed by atoms with Crippen LogP contribution in [-0.4, -0.2) is 333 Å². The van der Waals surface area contributed by atoms with Crippen molar-refractivity contribution in [3.63, 3.8) is 0 Å². The Labute approximate surface area is 545 Å². The van der Waals surface area contributed by atoms with Crippen molar-refractivity contribution in [1.29, 1.82) is 0 Å². The highest BCUT2D eigenvalue weighted by molar-refractivity contribution is 5.90. The number of allylic oxidation sites excluding steroid dienone is 2. The molecule has 95 heavy (non-hydrogen) atoms. The number of carboxylic acids is 1. The van der Waals surface area contributed by atoms with Crippen molar-refractivity contribution in [2.24, 2.45) is 23.7 Å². The third kappa shape index (κ3) is 18.9. The monoisotopic (exact) mass is 1370 g/mol. The number of rotatable bonds is 23. The molecule has 9 fully saturated rings. The van der Waals surface area contributed by atoms with Gasteiger partial charge >= 0.3 is 23.9 Å².